The van der Waals surface area contributed by atoms with Gasteiger partial charge >= 0.3 is 6.09 Å². The van der Waals surface area contributed by atoms with Gasteiger partial charge in [-0.15, -0.1) is 0 Å². The first-order chi connectivity index (χ1) is 9.40. The molecule has 1 aromatic rings. The zero-order valence-corrected chi connectivity index (χ0v) is 11.6. The summed E-state index contributed by atoms with van der Waals surface area (Å²) >= 11 is 0. The molecule has 0 saturated carbocycles. The van der Waals surface area contributed by atoms with E-state index in [0.29, 0.717) is 9.87 Å². The molecule has 9 heteroatoms. The maximum atomic E-state index is 12.1. The van der Waals surface area contributed by atoms with Crippen molar-refractivity contribution >= 4 is 22.0 Å². The van der Waals surface area contributed by atoms with E-state index >= 15 is 0 Å². The molecule has 0 spiro atoms. The van der Waals surface area contributed by atoms with E-state index in [9.17, 15) is 13.2 Å². The number of benzene rings is 1. The number of methoxy groups -OCH3 is 1. The highest BCUT2D eigenvalue weighted by atomic mass is 32.2. The van der Waals surface area contributed by atoms with Crippen molar-refractivity contribution in [3.8, 4) is 0 Å². The standard InChI is InChI=1S/C11H15N3O5S/c1-19-11(15)14(7-9-5-3-2-4-6-9)20(17,18)8-10(12)13-16/h2-6,16H,7-8H2,1H3,(H2,12,13). The number of hydrogen-bond acceptors (Lipinski definition) is 6. The monoisotopic (exact) mass is 301 g/mol. The minimum atomic E-state index is -4.10. The number of nitrogens with two attached hydrogens (primary N) is 1. The Balaban J connectivity index is 3.04. The van der Waals surface area contributed by atoms with Gasteiger partial charge in [-0.05, 0) is 5.56 Å². The van der Waals surface area contributed by atoms with Gasteiger partial charge < -0.3 is 15.7 Å². The van der Waals surface area contributed by atoms with Crippen LogP contribution in [0.3, 0.4) is 0 Å². The second kappa shape index (κ2) is 6.75. The molecular formula is C11H15N3O5S. The van der Waals surface area contributed by atoms with Crippen molar-refractivity contribution in [2.45, 2.75) is 6.54 Å². The Morgan fingerprint density at radius 3 is 2.50 bits per heavy atom. The van der Waals surface area contributed by atoms with Gasteiger partial charge in [0, 0.05) is 0 Å². The average Bonchev–Trinajstić information content (AvgIpc) is 2.44. The first-order valence-electron chi connectivity index (χ1n) is 5.49. The van der Waals surface area contributed by atoms with Crippen LogP contribution < -0.4 is 5.73 Å². The number of sulfonamides is 1. The van der Waals surface area contributed by atoms with Crippen molar-refractivity contribution in [3.63, 3.8) is 0 Å². The Kier molecular flexibility index (Phi) is 5.32. The van der Waals surface area contributed by atoms with E-state index in [1.807, 2.05) is 0 Å². The molecule has 3 N–H and O–H groups in total. The summed E-state index contributed by atoms with van der Waals surface area (Å²) < 4.78 is 29.1. The number of amidine groups is 1. The summed E-state index contributed by atoms with van der Waals surface area (Å²) in [5.41, 5.74) is 5.77. The van der Waals surface area contributed by atoms with Crippen molar-refractivity contribution < 1.29 is 23.2 Å². The quantitative estimate of drug-likeness (QED) is 0.350. The summed E-state index contributed by atoms with van der Waals surface area (Å²) in [5, 5.41) is 11.0. The topological polar surface area (TPSA) is 122 Å². The molecule has 0 heterocycles. The third kappa shape index (κ3) is 4.12. The van der Waals surface area contributed by atoms with Gasteiger partial charge in [-0.2, -0.15) is 4.31 Å². The summed E-state index contributed by atoms with van der Waals surface area (Å²) in [4.78, 5) is 11.6. The molecule has 0 atom stereocenters. The van der Waals surface area contributed by atoms with Crippen LogP contribution >= 0.6 is 0 Å². The lowest BCUT2D eigenvalue weighted by Crippen LogP contribution is -2.41. The summed E-state index contributed by atoms with van der Waals surface area (Å²) in [6.07, 6.45) is -1.04. The fraction of sp³-hybridized carbons (Fsp3) is 0.273. The number of carbonyl (C=O) groups is 1. The second-order valence-electron chi connectivity index (χ2n) is 3.81. The van der Waals surface area contributed by atoms with Crippen LogP contribution in [0.1, 0.15) is 5.56 Å². The van der Waals surface area contributed by atoms with E-state index in [1.165, 1.54) is 0 Å². The van der Waals surface area contributed by atoms with Gasteiger partial charge in [0.15, 0.2) is 5.84 Å². The summed E-state index contributed by atoms with van der Waals surface area (Å²) in [5.74, 6) is -1.31. The maximum Gasteiger partial charge on any atom is 0.423 e. The van der Waals surface area contributed by atoms with E-state index in [0.717, 1.165) is 7.11 Å². The van der Waals surface area contributed by atoms with Crippen LogP contribution in [0.2, 0.25) is 0 Å². The molecule has 0 aliphatic rings. The molecule has 8 nitrogen and oxygen atoms in total. The molecule has 20 heavy (non-hydrogen) atoms. The highest BCUT2D eigenvalue weighted by Gasteiger charge is 2.29. The van der Waals surface area contributed by atoms with Crippen molar-refractivity contribution in [2.24, 2.45) is 10.9 Å². The highest BCUT2D eigenvalue weighted by molar-refractivity contribution is 7.90. The lowest BCUT2D eigenvalue weighted by Gasteiger charge is -2.20. The summed E-state index contributed by atoms with van der Waals surface area (Å²) in [6.45, 7) is -0.200. The summed E-state index contributed by atoms with van der Waals surface area (Å²) in [6, 6.07) is 8.50. The highest BCUT2D eigenvalue weighted by Crippen LogP contribution is 2.11. The molecule has 110 valence electrons. The van der Waals surface area contributed by atoms with Crippen LogP contribution in [0.15, 0.2) is 35.5 Å². The molecule has 1 amide bonds. The lowest BCUT2D eigenvalue weighted by molar-refractivity contribution is 0.147. The SMILES string of the molecule is COC(=O)N(Cc1ccccc1)S(=O)(=O)CC(N)=NO. The Morgan fingerprint density at radius 1 is 1.40 bits per heavy atom. The van der Waals surface area contributed by atoms with Crippen molar-refractivity contribution in [3.05, 3.63) is 35.9 Å². The van der Waals surface area contributed by atoms with Gasteiger partial charge in [0.25, 0.3) is 0 Å². The van der Waals surface area contributed by atoms with E-state index in [-0.39, 0.29) is 6.54 Å². The minimum Gasteiger partial charge on any atom is -0.452 e. The number of oxime groups is 1. The molecule has 0 bridgehead atoms. The molecule has 0 radical (unpaired) electrons. The molecule has 1 rings (SSSR count). The first kappa shape index (κ1) is 15.8. The lowest BCUT2D eigenvalue weighted by atomic mass is 10.2. The van der Waals surface area contributed by atoms with Gasteiger partial charge in [0.2, 0.25) is 10.0 Å². The molecule has 0 saturated heterocycles. The molecule has 0 aromatic heterocycles. The third-order valence-electron chi connectivity index (χ3n) is 2.34. The molecule has 0 fully saturated rings. The van der Waals surface area contributed by atoms with Gasteiger partial charge in [-0.3, -0.25) is 0 Å². The van der Waals surface area contributed by atoms with E-state index in [2.05, 4.69) is 9.89 Å². The summed E-state index contributed by atoms with van der Waals surface area (Å²) in [7, 11) is -3.03. The van der Waals surface area contributed by atoms with Crippen LogP contribution in [0.5, 0.6) is 0 Å². The van der Waals surface area contributed by atoms with Crippen molar-refractivity contribution in [1.82, 2.24) is 4.31 Å². The van der Waals surface area contributed by atoms with E-state index in [4.69, 9.17) is 10.9 Å². The fourth-order valence-electron chi connectivity index (χ4n) is 1.42. The Labute approximate surface area is 116 Å². The van der Waals surface area contributed by atoms with Crippen molar-refractivity contribution in [2.75, 3.05) is 12.9 Å². The Hall–Kier alpha value is -2.29. The molecule has 0 aliphatic heterocycles. The Bertz CT molecular complexity index is 585. The number of ether oxygens (including phenoxy) is 1. The smallest absolute Gasteiger partial charge is 0.423 e. The van der Waals surface area contributed by atoms with Crippen LogP contribution in [-0.2, 0) is 21.3 Å². The van der Waals surface area contributed by atoms with Crippen molar-refractivity contribution in [1.29, 1.82) is 0 Å². The second-order valence-corrected chi connectivity index (χ2v) is 5.70. The number of carbonyl (C=O) groups excluding carboxylic acids is 1. The van der Waals surface area contributed by atoms with Crippen LogP contribution in [0.25, 0.3) is 0 Å². The number of hydrogen-bond donors (Lipinski definition) is 2. The predicted octanol–water partition coefficient (Wildman–Crippen LogP) is 0.331. The normalized spacial score (nSPS) is 11.9. The van der Waals surface area contributed by atoms with E-state index < -0.39 is 27.7 Å². The number of amides is 1. The molecular weight excluding hydrogens is 286 g/mol. The first-order valence-corrected chi connectivity index (χ1v) is 7.10. The molecule has 0 unspecified atom stereocenters. The zero-order valence-electron chi connectivity index (χ0n) is 10.8. The van der Waals surface area contributed by atoms with Gasteiger partial charge in [0.05, 0.1) is 13.7 Å². The fourth-order valence-corrected chi connectivity index (χ4v) is 2.66. The number of nitrogens with zero attached hydrogens (tertiary/aromatic N) is 2. The van der Waals surface area contributed by atoms with Crippen LogP contribution in [-0.4, -0.2) is 42.7 Å². The number of rotatable bonds is 5. The third-order valence-corrected chi connectivity index (χ3v) is 3.95. The van der Waals surface area contributed by atoms with Gasteiger partial charge in [-0.1, -0.05) is 35.5 Å². The maximum absolute atomic E-state index is 12.1. The molecule has 1 aromatic carbocycles. The van der Waals surface area contributed by atoms with Gasteiger partial charge in [-0.25, -0.2) is 13.2 Å². The van der Waals surface area contributed by atoms with Crippen LogP contribution in [0.4, 0.5) is 4.79 Å². The van der Waals surface area contributed by atoms with Gasteiger partial charge in [0.1, 0.15) is 5.75 Å². The minimum absolute atomic E-state index is 0.200. The Morgan fingerprint density at radius 2 is 2.00 bits per heavy atom. The predicted molar refractivity (Wildman–Crippen MR) is 71.6 cm³/mol. The average molecular weight is 301 g/mol. The van der Waals surface area contributed by atoms with Crippen LogP contribution in [0, 0.1) is 0 Å². The largest absolute Gasteiger partial charge is 0.452 e. The van der Waals surface area contributed by atoms with E-state index in [1.54, 1.807) is 30.3 Å². The molecule has 0 aliphatic carbocycles. The zero-order chi connectivity index (χ0) is 15.2.